The van der Waals surface area contributed by atoms with Crippen LogP contribution in [-0.4, -0.2) is 64.1 Å². The molecule has 1 aliphatic heterocycles. The smallest absolute Gasteiger partial charge is 0.0620 e. The van der Waals surface area contributed by atoms with Gasteiger partial charge < -0.3 is 19.7 Å². The zero-order chi connectivity index (χ0) is 11.8. The first-order valence-corrected chi connectivity index (χ1v) is 6.24. The van der Waals surface area contributed by atoms with Crippen molar-refractivity contribution in [1.82, 2.24) is 10.2 Å². The predicted octanol–water partition coefficient (Wildman–Crippen LogP) is 0.722. The average Bonchev–Trinajstić information content (AvgIpc) is 2.30. The van der Waals surface area contributed by atoms with Crippen molar-refractivity contribution in [2.24, 2.45) is 0 Å². The standard InChI is InChI=1S/C12H26N2O2/c1-11(14(2)6-4-7-15-3)9-12-10-16-8-5-13-12/h11-13H,4-10H2,1-3H3. The van der Waals surface area contributed by atoms with Gasteiger partial charge in [-0.1, -0.05) is 0 Å². The van der Waals surface area contributed by atoms with Crippen LogP contribution in [0.2, 0.25) is 0 Å². The van der Waals surface area contributed by atoms with Gasteiger partial charge in [0.25, 0.3) is 0 Å². The second-order valence-electron chi connectivity index (χ2n) is 4.64. The van der Waals surface area contributed by atoms with E-state index in [-0.39, 0.29) is 0 Å². The molecule has 0 radical (unpaired) electrons. The number of hydrogen-bond acceptors (Lipinski definition) is 4. The van der Waals surface area contributed by atoms with Gasteiger partial charge in [0.15, 0.2) is 0 Å². The summed E-state index contributed by atoms with van der Waals surface area (Å²) in [5.41, 5.74) is 0. The maximum atomic E-state index is 5.46. The monoisotopic (exact) mass is 230 g/mol. The number of nitrogens with zero attached hydrogens (tertiary/aromatic N) is 1. The Morgan fingerprint density at radius 1 is 1.56 bits per heavy atom. The van der Waals surface area contributed by atoms with Crippen molar-refractivity contribution < 1.29 is 9.47 Å². The summed E-state index contributed by atoms with van der Waals surface area (Å²) in [5, 5.41) is 3.50. The molecule has 1 aliphatic rings. The normalized spacial score (nSPS) is 23.6. The van der Waals surface area contributed by atoms with E-state index in [4.69, 9.17) is 9.47 Å². The van der Waals surface area contributed by atoms with Gasteiger partial charge in [0.2, 0.25) is 0 Å². The van der Waals surface area contributed by atoms with E-state index in [1.165, 1.54) is 0 Å². The first-order valence-electron chi connectivity index (χ1n) is 6.24. The third-order valence-electron chi connectivity index (χ3n) is 3.24. The van der Waals surface area contributed by atoms with E-state index in [1.807, 2.05) is 0 Å². The Hall–Kier alpha value is -0.160. The van der Waals surface area contributed by atoms with Gasteiger partial charge >= 0.3 is 0 Å². The molecule has 2 unspecified atom stereocenters. The zero-order valence-corrected chi connectivity index (χ0v) is 10.9. The van der Waals surface area contributed by atoms with E-state index < -0.39 is 0 Å². The molecule has 1 saturated heterocycles. The Labute approximate surface area is 99.3 Å². The highest BCUT2D eigenvalue weighted by Gasteiger charge is 2.18. The van der Waals surface area contributed by atoms with Crippen LogP contribution in [0.1, 0.15) is 19.8 Å². The van der Waals surface area contributed by atoms with E-state index in [0.29, 0.717) is 12.1 Å². The minimum absolute atomic E-state index is 0.522. The second kappa shape index (κ2) is 8.01. The molecule has 0 saturated carbocycles. The molecule has 96 valence electrons. The number of ether oxygens (including phenoxy) is 2. The van der Waals surface area contributed by atoms with Crippen LogP contribution in [0.25, 0.3) is 0 Å². The molecule has 1 rings (SSSR count). The van der Waals surface area contributed by atoms with Crippen LogP contribution in [0, 0.1) is 0 Å². The molecule has 16 heavy (non-hydrogen) atoms. The van der Waals surface area contributed by atoms with E-state index >= 15 is 0 Å². The fourth-order valence-electron chi connectivity index (χ4n) is 2.04. The van der Waals surface area contributed by atoms with E-state index in [2.05, 4.69) is 24.2 Å². The number of rotatable bonds is 7. The van der Waals surface area contributed by atoms with Crippen LogP contribution in [0.4, 0.5) is 0 Å². The maximum absolute atomic E-state index is 5.46. The molecule has 0 aromatic rings. The highest BCUT2D eigenvalue weighted by molar-refractivity contribution is 4.76. The minimum atomic E-state index is 0.522. The molecular weight excluding hydrogens is 204 g/mol. The Kier molecular flexibility index (Phi) is 6.96. The predicted molar refractivity (Wildman–Crippen MR) is 65.8 cm³/mol. The Bertz CT molecular complexity index is 172. The third-order valence-corrected chi connectivity index (χ3v) is 3.24. The highest BCUT2D eigenvalue weighted by atomic mass is 16.5. The number of hydrogen-bond donors (Lipinski definition) is 1. The quantitative estimate of drug-likeness (QED) is 0.654. The fraction of sp³-hybridized carbons (Fsp3) is 1.00. The Morgan fingerprint density at radius 2 is 2.38 bits per heavy atom. The van der Waals surface area contributed by atoms with Crippen LogP contribution in [0.15, 0.2) is 0 Å². The van der Waals surface area contributed by atoms with Gasteiger partial charge in [0.05, 0.1) is 13.2 Å². The molecule has 0 amide bonds. The zero-order valence-electron chi connectivity index (χ0n) is 10.9. The van der Waals surface area contributed by atoms with Crippen molar-refractivity contribution >= 4 is 0 Å². The topological polar surface area (TPSA) is 33.7 Å². The molecule has 1 N–H and O–H groups in total. The van der Waals surface area contributed by atoms with Crippen LogP contribution < -0.4 is 5.32 Å². The summed E-state index contributed by atoms with van der Waals surface area (Å²) in [6.07, 6.45) is 2.26. The van der Waals surface area contributed by atoms with Crippen molar-refractivity contribution in [1.29, 1.82) is 0 Å². The summed E-state index contributed by atoms with van der Waals surface area (Å²) in [4.78, 5) is 2.40. The SMILES string of the molecule is COCCCN(C)C(C)CC1COCCN1. The molecule has 0 aliphatic carbocycles. The summed E-state index contributed by atoms with van der Waals surface area (Å²) in [6, 6.07) is 1.12. The van der Waals surface area contributed by atoms with E-state index in [1.54, 1.807) is 7.11 Å². The van der Waals surface area contributed by atoms with Crippen LogP contribution in [0.3, 0.4) is 0 Å². The molecule has 0 bridgehead atoms. The Balaban J connectivity index is 2.14. The molecule has 4 nitrogen and oxygen atoms in total. The maximum Gasteiger partial charge on any atom is 0.0620 e. The summed E-state index contributed by atoms with van der Waals surface area (Å²) in [6.45, 7) is 6.93. The van der Waals surface area contributed by atoms with Crippen molar-refractivity contribution in [3.05, 3.63) is 0 Å². The summed E-state index contributed by atoms with van der Waals surface area (Å²) >= 11 is 0. The second-order valence-corrected chi connectivity index (χ2v) is 4.64. The molecule has 1 fully saturated rings. The van der Waals surface area contributed by atoms with Crippen molar-refractivity contribution in [2.45, 2.75) is 31.8 Å². The van der Waals surface area contributed by atoms with Crippen LogP contribution in [-0.2, 0) is 9.47 Å². The molecule has 0 aromatic heterocycles. The van der Waals surface area contributed by atoms with Gasteiger partial charge in [-0.25, -0.2) is 0 Å². The first-order chi connectivity index (χ1) is 7.74. The van der Waals surface area contributed by atoms with Gasteiger partial charge in [-0.05, 0) is 26.8 Å². The summed E-state index contributed by atoms with van der Waals surface area (Å²) in [5.74, 6) is 0. The summed E-state index contributed by atoms with van der Waals surface area (Å²) in [7, 11) is 3.94. The molecule has 2 atom stereocenters. The largest absolute Gasteiger partial charge is 0.385 e. The summed E-state index contributed by atoms with van der Waals surface area (Å²) < 4.78 is 10.5. The fourth-order valence-corrected chi connectivity index (χ4v) is 2.04. The van der Waals surface area contributed by atoms with E-state index in [9.17, 15) is 0 Å². The molecule has 1 heterocycles. The van der Waals surface area contributed by atoms with Gasteiger partial charge in [0.1, 0.15) is 0 Å². The van der Waals surface area contributed by atoms with Gasteiger partial charge in [-0.15, -0.1) is 0 Å². The molecule has 0 spiro atoms. The van der Waals surface area contributed by atoms with Crippen LogP contribution in [0.5, 0.6) is 0 Å². The van der Waals surface area contributed by atoms with Gasteiger partial charge in [-0.3, -0.25) is 0 Å². The third kappa shape index (κ3) is 5.25. The number of nitrogens with one attached hydrogen (secondary N) is 1. The highest BCUT2D eigenvalue weighted by Crippen LogP contribution is 2.08. The van der Waals surface area contributed by atoms with Gasteiger partial charge in [-0.2, -0.15) is 0 Å². The lowest BCUT2D eigenvalue weighted by atomic mass is 10.1. The molecule has 4 heteroatoms. The van der Waals surface area contributed by atoms with Crippen molar-refractivity contribution in [3.63, 3.8) is 0 Å². The van der Waals surface area contributed by atoms with Crippen molar-refractivity contribution in [2.75, 3.05) is 47.1 Å². The van der Waals surface area contributed by atoms with E-state index in [0.717, 1.165) is 45.8 Å². The number of morpholine rings is 1. The molecular formula is C12H26N2O2. The number of methoxy groups -OCH3 is 1. The van der Waals surface area contributed by atoms with Crippen LogP contribution >= 0.6 is 0 Å². The first kappa shape index (κ1) is 13.9. The molecule has 0 aromatic carbocycles. The minimum Gasteiger partial charge on any atom is -0.385 e. The lowest BCUT2D eigenvalue weighted by Gasteiger charge is -2.31. The van der Waals surface area contributed by atoms with Crippen molar-refractivity contribution in [3.8, 4) is 0 Å². The van der Waals surface area contributed by atoms with Gasteiger partial charge in [0, 0.05) is 38.9 Å². The lowest BCUT2D eigenvalue weighted by molar-refractivity contribution is 0.0636. The lowest BCUT2D eigenvalue weighted by Crippen LogP contribution is -2.45. The average molecular weight is 230 g/mol. The Morgan fingerprint density at radius 3 is 3.00 bits per heavy atom.